The van der Waals surface area contributed by atoms with E-state index < -0.39 is 0 Å². The van der Waals surface area contributed by atoms with Crippen LogP contribution in [0.5, 0.6) is 0 Å². The second-order valence-electron chi connectivity index (χ2n) is 2.06. The van der Waals surface area contributed by atoms with Crippen molar-refractivity contribution in [3.8, 4) is 0 Å². The Morgan fingerprint density at radius 3 is 2.44 bits per heavy atom. The van der Waals surface area contributed by atoms with Gasteiger partial charge in [-0.15, -0.1) is 0 Å². The molecular weight excluding hydrogens is 136 g/mol. The van der Waals surface area contributed by atoms with Crippen molar-refractivity contribution in [2.45, 2.75) is 19.8 Å². The molecule has 0 aliphatic heterocycles. The molecule has 0 unspecified atom stereocenters. The lowest BCUT2D eigenvalue weighted by atomic mass is 10.2. The van der Waals surface area contributed by atoms with Gasteiger partial charge in [0.05, 0.1) is 0 Å². The summed E-state index contributed by atoms with van der Waals surface area (Å²) in [6.07, 6.45) is 1.30. The van der Waals surface area contributed by atoms with Gasteiger partial charge in [0.2, 0.25) is 0 Å². The second kappa shape index (κ2) is 2.43. The van der Waals surface area contributed by atoms with Crippen molar-refractivity contribution < 1.29 is 8.98 Å². The van der Waals surface area contributed by atoms with Crippen LogP contribution in [0.15, 0.2) is 11.3 Å². The Hall–Kier alpha value is -0.440. The average molecular weight is 144 g/mol. The molecule has 0 aromatic carbocycles. The van der Waals surface area contributed by atoms with Gasteiger partial charge in [0.1, 0.15) is 5.76 Å². The predicted molar refractivity (Wildman–Crippen MR) is 37.0 cm³/mol. The topological polar surface area (TPSA) is 26.3 Å². The molecule has 0 spiro atoms. The number of hydrogen-bond donors (Lipinski definition) is 1. The Kier molecular flexibility index (Phi) is 1.81. The van der Waals surface area contributed by atoms with Gasteiger partial charge in [0.25, 0.3) is 0 Å². The van der Waals surface area contributed by atoms with Crippen molar-refractivity contribution in [2.75, 3.05) is 0 Å². The van der Waals surface area contributed by atoms with Crippen molar-refractivity contribution in [2.24, 2.45) is 0 Å². The fourth-order valence-corrected chi connectivity index (χ4v) is 1.10. The Morgan fingerprint density at radius 1 is 1.56 bits per heavy atom. The summed E-state index contributed by atoms with van der Waals surface area (Å²) in [5, 5.41) is 0. The number of carbonyl (C=O) groups excluding carboxylic acids is 1. The zero-order valence-corrected chi connectivity index (χ0v) is 6.07. The first-order valence-corrected chi connectivity index (χ1v) is 3.16. The Balaban J connectivity index is 2.79. The first-order chi connectivity index (χ1) is 4.25. The number of thiol groups is 1. The van der Waals surface area contributed by atoms with Gasteiger partial charge in [0, 0.05) is 31.3 Å². The first-order valence-electron chi connectivity index (χ1n) is 2.80. The lowest BCUT2D eigenvalue weighted by Gasteiger charge is -1.94. The van der Waals surface area contributed by atoms with Crippen LogP contribution >= 0.6 is 12.9 Å². The summed E-state index contributed by atoms with van der Waals surface area (Å²) in [6, 6.07) is 0. The van der Waals surface area contributed by atoms with Crippen LogP contribution in [-0.2, 0) is 8.98 Å². The molecule has 0 atom stereocenters. The van der Waals surface area contributed by atoms with Gasteiger partial charge in [-0.05, 0) is 6.92 Å². The van der Waals surface area contributed by atoms with Crippen LogP contribution in [0.1, 0.15) is 19.8 Å². The summed E-state index contributed by atoms with van der Waals surface area (Å²) in [5.41, 5.74) is 0.727. The van der Waals surface area contributed by atoms with Crippen LogP contribution in [0.2, 0.25) is 0 Å². The van der Waals surface area contributed by atoms with Gasteiger partial charge in [0.15, 0.2) is 5.78 Å². The maximum absolute atomic E-state index is 10.8. The summed E-state index contributed by atoms with van der Waals surface area (Å²) in [6.45, 7) is 1.76. The van der Waals surface area contributed by atoms with Crippen LogP contribution in [0.25, 0.3) is 0 Å². The molecule has 0 aromatic rings. The van der Waals surface area contributed by atoms with E-state index in [-0.39, 0.29) is 5.78 Å². The van der Waals surface area contributed by atoms with Gasteiger partial charge < -0.3 is 4.18 Å². The molecule has 0 fully saturated rings. The highest BCUT2D eigenvalue weighted by Gasteiger charge is 2.19. The maximum Gasteiger partial charge on any atom is 0.162 e. The Morgan fingerprint density at radius 2 is 2.22 bits per heavy atom. The second-order valence-corrected chi connectivity index (χ2v) is 2.25. The number of rotatable bonds is 1. The Bertz CT molecular complexity index is 172. The van der Waals surface area contributed by atoms with Crippen molar-refractivity contribution in [3.63, 3.8) is 0 Å². The number of ketones is 1. The third-order valence-electron chi connectivity index (χ3n) is 1.53. The van der Waals surface area contributed by atoms with Crippen molar-refractivity contribution in [1.82, 2.24) is 0 Å². The third-order valence-corrected chi connectivity index (χ3v) is 1.75. The van der Waals surface area contributed by atoms with Crippen LogP contribution in [0.3, 0.4) is 0 Å². The summed E-state index contributed by atoms with van der Waals surface area (Å²) in [7, 11) is 0. The normalized spacial score (nSPS) is 19.1. The minimum Gasteiger partial charge on any atom is -0.433 e. The van der Waals surface area contributed by atoms with Crippen LogP contribution < -0.4 is 0 Å². The lowest BCUT2D eigenvalue weighted by Crippen LogP contribution is -1.90. The number of hydrogen-bond acceptors (Lipinski definition) is 3. The van der Waals surface area contributed by atoms with E-state index >= 15 is 0 Å². The number of allylic oxidation sites excluding steroid dienone is 2. The Labute approximate surface area is 59.5 Å². The van der Waals surface area contributed by atoms with Gasteiger partial charge in [-0.25, -0.2) is 0 Å². The molecule has 0 amide bonds. The highest BCUT2D eigenvalue weighted by molar-refractivity contribution is 7.75. The zero-order chi connectivity index (χ0) is 6.85. The van der Waals surface area contributed by atoms with Gasteiger partial charge in [-0.2, -0.15) is 0 Å². The molecule has 0 saturated carbocycles. The van der Waals surface area contributed by atoms with E-state index in [1.54, 1.807) is 6.92 Å². The van der Waals surface area contributed by atoms with E-state index in [9.17, 15) is 4.79 Å². The minimum atomic E-state index is 0.180. The van der Waals surface area contributed by atoms with Crippen LogP contribution in [0.4, 0.5) is 0 Å². The molecule has 0 radical (unpaired) electrons. The molecule has 0 heterocycles. The number of carbonyl (C=O) groups is 1. The average Bonchev–Trinajstić information content (AvgIpc) is 2.15. The molecule has 1 rings (SSSR count). The summed E-state index contributed by atoms with van der Waals surface area (Å²) >= 11 is 3.61. The molecule has 0 saturated heterocycles. The molecular formula is C6H8O2S. The molecule has 3 heteroatoms. The van der Waals surface area contributed by atoms with Crippen molar-refractivity contribution in [1.29, 1.82) is 0 Å². The van der Waals surface area contributed by atoms with Gasteiger partial charge in [-0.3, -0.25) is 4.79 Å². The summed E-state index contributed by atoms with van der Waals surface area (Å²) < 4.78 is 4.65. The molecule has 9 heavy (non-hydrogen) atoms. The molecule has 2 nitrogen and oxygen atoms in total. The highest BCUT2D eigenvalue weighted by Crippen LogP contribution is 2.23. The summed E-state index contributed by atoms with van der Waals surface area (Å²) in [5.74, 6) is 0.905. The third kappa shape index (κ3) is 1.10. The minimum absolute atomic E-state index is 0.180. The van der Waals surface area contributed by atoms with Crippen molar-refractivity contribution >= 4 is 18.7 Å². The van der Waals surface area contributed by atoms with Crippen LogP contribution in [0, 0.1) is 0 Å². The van der Waals surface area contributed by atoms with Gasteiger partial charge >= 0.3 is 0 Å². The van der Waals surface area contributed by atoms with E-state index in [4.69, 9.17) is 0 Å². The molecule has 50 valence electrons. The predicted octanol–water partition coefficient (Wildman–Crippen LogP) is 1.48. The molecule has 0 bridgehead atoms. The number of Topliss-reactive ketones (excluding diaryl/α,β-unsaturated/α-hetero) is 1. The largest absolute Gasteiger partial charge is 0.433 e. The van der Waals surface area contributed by atoms with E-state index in [0.717, 1.165) is 11.3 Å². The van der Waals surface area contributed by atoms with Crippen LogP contribution in [-0.4, -0.2) is 5.78 Å². The van der Waals surface area contributed by atoms with E-state index in [1.165, 1.54) is 0 Å². The monoisotopic (exact) mass is 144 g/mol. The lowest BCUT2D eigenvalue weighted by molar-refractivity contribution is -0.114. The molecule has 0 N–H and O–H groups in total. The zero-order valence-electron chi connectivity index (χ0n) is 5.18. The molecule has 0 aromatic heterocycles. The SMILES string of the molecule is CC1=C(OS)CCC1=O. The fourth-order valence-electron chi connectivity index (χ4n) is 0.872. The maximum atomic E-state index is 10.8. The highest BCUT2D eigenvalue weighted by atomic mass is 32.1. The van der Waals surface area contributed by atoms with Gasteiger partial charge in [-0.1, -0.05) is 0 Å². The van der Waals surface area contributed by atoms with Crippen molar-refractivity contribution in [3.05, 3.63) is 11.3 Å². The summed E-state index contributed by atoms with van der Waals surface area (Å²) in [4.78, 5) is 10.8. The van der Waals surface area contributed by atoms with E-state index in [0.29, 0.717) is 12.8 Å². The molecule has 1 aliphatic rings. The quantitative estimate of drug-likeness (QED) is 0.445. The molecule has 1 aliphatic carbocycles. The first kappa shape index (κ1) is 6.68. The van der Waals surface area contributed by atoms with E-state index in [2.05, 4.69) is 17.1 Å². The smallest absolute Gasteiger partial charge is 0.162 e. The van der Waals surface area contributed by atoms with E-state index in [1.807, 2.05) is 0 Å². The standard InChI is InChI=1S/C6H8O2S/c1-4-5(7)2-3-6(4)8-9/h9H,2-3H2,1H3. The fraction of sp³-hybridized carbons (Fsp3) is 0.500.